The molecule has 2 aromatic carbocycles. The molecule has 150 valence electrons. The van der Waals surface area contributed by atoms with Crippen LogP contribution in [0.15, 0.2) is 71.8 Å². The summed E-state index contributed by atoms with van der Waals surface area (Å²) in [4.78, 5) is 34.1. The first-order valence-corrected chi connectivity index (χ1v) is 9.58. The molecule has 0 radical (unpaired) electrons. The van der Waals surface area contributed by atoms with Crippen molar-refractivity contribution in [2.45, 2.75) is 19.9 Å². The van der Waals surface area contributed by atoms with Crippen LogP contribution in [-0.2, 0) is 0 Å². The molecule has 0 bridgehead atoms. The quantitative estimate of drug-likeness (QED) is 0.549. The summed E-state index contributed by atoms with van der Waals surface area (Å²) >= 11 is 0. The number of pyridine rings is 1. The van der Waals surface area contributed by atoms with Crippen LogP contribution in [0.1, 0.15) is 24.2 Å². The fourth-order valence-corrected chi connectivity index (χ4v) is 3.28. The molecule has 1 amide bonds. The van der Waals surface area contributed by atoms with E-state index < -0.39 is 0 Å². The van der Waals surface area contributed by atoms with E-state index in [0.717, 1.165) is 11.1 Å². The van der Waals surface area contributed by atoms with Crippen molar-refractivity contribution in [2.75, 3.05) is 5.73 Å². The zero-order chi connectivity index (χ0) is 21.3. The monoisotopic (exact) mass is 399 g/mol. The molecule has 4 rings (SSSR count). The minimum Gasteiger partial charge on any atom is -0.369 e. The van der Waals surface area contributed by atoms with Crippen molar-refractivity contribution in [2.24, 2.45) is 0 Å². The van der Waals surface area contributed by atoms with Gasteiger partial charge in [0, 0.05) is 24.0 Å². The van der Waals surface area contributed by atoms with Gasteiger partial charge in [-0.1, -0.05) is 24.3 Å². The number of anilines is 1. The standard InChI is InChI=1S/C23H21N5O2/c1-14(2)26-21(29)17-10-16(12-25-13-17)15-8-9-20-19(11-15)22(30)28(23(24)27-20)18-6-4-3-5-7-18/h3-14H,1-2H3,(H2,24,27)(H,26,29). The van der Waals surface area contributed by atoms with Gasteiger partial charge in [0.2, 0.25) is 5.95 Å². The first-order valence-electron chi connectivity index (χ1n) is 9.58. The highest BCUT2D eigenvalue weighted by Gasteiger charge is 2.13. The highest BCUT2D eigenvalue weighted by atomic mass is 16.1. The number of para-hydroxylation sites is 1. The molecule has 0 aliphatic rings. The second-order valence-electron chi connectivity index (χ2n) is 7.27. The molecular weight excluding hydrogens is 378 g/mol. The van der Waals surface area contributed by atoms with Crippen molar-refractivity contribution in [1.29, 1.82) is 0 Å². The number of carbonyl (C=O) groups is 1. The van der Waals surface area contributed by atoms with Crippen molar-refractivity contribution in [1.82, 2.24) is 19.9 Å². The van der Waals surface area contributed by atoms with Crippen molar-refractivity contribution in [3.8, 4) is 16.8 Å². The topological polar surface area (TPSA) is 103 Å². The second-order valence-corrected chi connectivity index (χ2v) is 7.27. The van der Waals surface area contributed by atoms with Crippen LogP contribution in [0.4, 0.5) is 5.95 Å². The van der Waals surface area contributed by atoms with E-state index in [1.165, 1.54) is 10.8 Å². The molecule has 0 aliphatic heterocycles. The second kappa shape index (κ2) is 7.79. The number of nitrogens with one attached hydrogen (secondary N) is 1. The molecular formula is C23H21N5O2. The summed E-state index contributed by atoms with van der Waals surface area (Å²) in [6.07, 6.45) is 3.18. The Bertz CT molecular complexity index is 1300. The molecule has 7 heteroatoms. The Morgan fingerprint density at radius 2 is 1.80 bits per heavy atom. The lowest BCUT2D eigenvalue weighted by Crippen LogP contribution is -2.30. The molecule has 0 fully saturated rings. The Hall–Kier alpha value is -4.00. The molecule has 30 heavy (non-hydrogen) atoms. The van der Waals surface area contributed by atoms with Crippen LogP contribution in [0.5, 0.6) is 0 Å². The number of hydrogen-bond acceptors (Lipinski definition) is 5. The minimum atomic E-state index is -0.257. The maximum Gasteiger partial charge on any atom is 0.267 e. The molecule has 4 aromatic rings. The first-order chi connectivity index (χ1) is 14.4. The summed E-state index contributed by atoms with van der Waals surface area (Å²) in [6, 6.07) is 16.3. The lowest BCUT2D eigenvalue weighted by molar-refractivity contribution is 0.0943. The fraction of sp³-hybridized carbons (Fsp3) is 0.130. The molecule has 2 aromatic heterocycles. The van der Waals surface area contributed by atoms with Crippen LogP contribution in [0.3, 0.4) is 0 Å². The lowest BCUT2D eigenvalue weighted by atomic mass is 10.0. The van der Waals surface area contributed by atoms with Gasteiger partial charge in [0.15, 0.2) is 0 Å². The number of nitrogens with two attached hydrogens (primary N) is 1. The Morgan fingerprint density at radius 3 is 2.53 bits per heavy atom. The van der Waals surface area contributed by atoms with Crippen LogP contribution >= 0.6 is 0 Å². The number of fused-ring (bicyclic) bond motifs is 1. The summed E-state index contributed by atoms with van der Waals surface area (Å²) < 4.78 is 1.39. The van der Waals surface area contributed by atoms with Crippen LogP contribution < -0.4 is 16.6 Å². The molecule has 0 saturated carbocycles. The van der Waals surface area contributed by atoms with E-state index in [0.29, 0.717) is 22.2 Å². The van der Waals surface area contributed by atoms with Gasteiger partial charge in [-0.25, -0.2) is 9.55 Å². The van der Waals surface area contributed by atoms with E-state index >= 15 is 0 Å². The van der Waals surface area contributed by atoms with Gasteiger partial charge in [-0.15, -0.1) is 0 Å². The number of carbonyl (C=O) groups excluding carboxylic acids is 1. The van der Waals surface area contributed by atoms with E-state index in [2.05, 4.69) is 15.3 Å². The predicted molar refractivity (Wildman–Crippen MR) is 118 cm³/mol. The average Bonchev–Trinajstić information content (AvgIpc) is 2.74. The summed E-state index contributed by atoms with van der Waals surface area (Å²) in [6.45, 7) is 3.80. The largest absolute Gasteiger partial charge is 0.369 e. The number of rotatable bonds is 4. The zero-order valence-electron chi connectivity index (χ0n) is 16.7. The summed E-state index contributed by atoms with van der Waals surface area (Å²) in [7, 11) is 0. The Balaban J connectivity index is 1.83. The zero-order valence-corrected chi connectivity index (χ0v) is 16.7. The molecule has 0 spiro atoms. The number of nitrogen functional groups attached to an aromatic ring is 1. The summed E-state index contributed by atoms with van der Waals surface area (Å²) in [5.41, 5.74) is 8.91. The Labute approximate surface area is 173 Å². The first kappa shape index (κ1) is 19.3. The molecule has 0 saturated heterocycles. The average molecular weight is 399 g/mol. The number of hydrogen-bond donors (Lipinski definition) is 2. The smallest absolute Gasteiger partial charge is 0.267 e. The SMILES string of the molecule is CC(C)NC(=O)c1cncc(-c2ccc3nc(N)n(-c4ccccc4)c(=O)c3c2)c1. The molecule has 0 atom stereocenters. The third-order valence-corrected chi connectivity index (χ3v) is 4.66. The van der Waals surface area contributed by atoms with Gasteiger partial charge in [0.05, 0.1) is 22.2 Å². The van der Waals surface area contributed by atoms with Crippen molar-refractivity contribution < 1.29 is 4.79 Å². The van der Waals surface area contributed by atoms with Crippen molar-refractivity contribution in [3.63, 3.8) is 0 Å². The summed E-state index contributed by atoms with van der Waals surface area (Å²) in [5, 5.41) is 3.29. The van der Waals surface area contributed by atoms with Crippen LogP contribution in [0.2, 0.25) is 0 Å². The van der Waals surface area contributed by atoms with Crippen LogP contribution in [0, 0.1) is 0 Å². The van der Waals surface area contributed by atoms with Gasteiger partial charge in [-0.05, 0) is 49.7 Å². The maximum absolute atomic E-state index is 13.2. The van der Waals surface area contributed by atoms with E-state index in [9.17, 15) is 9.59 Å². The summed E-state index contributed by atoms with van der Waals surface area (Å²) in [5.74, 6) is -0.0681. The molecule has 0 aliphatic carbocycles. The van der Waals surface area contributed by atoms with E-state index in [4.69, 9.17) is 5.73 Å². The highest BCUT2D eigenvalue weighted by molar-refractivity contribution is 5.95. The highest BCUT2D eigenvalue weighted by Crippen LogP contribution is 2.23. The predicted octanol–water partition coefficient (Wildman–Crippen LogP) is 3.17. The maximum atomic E-state index is 13.2. The molecule has 3 N–H and O–H groups in total. The number of amides is 1. The van der Waals surface area contributed by atoms with Crippen LogP contribution in [-0.4, -0.2) is 26.5 Å². The van der Waals surface area contributed by atoms with Gasteiger partial charge in [-0.3, -0.25) is 14.6 Å². The van der Waals surface area contributed by atoms with E-state index in [-0.39, 0.29) is 23.5 Å². The molecule has 2 heterocycles. The third-order valence-electron chi connectivity index (χ3n) is 4.66. The van der Waals surface area contributed by atoms with Crippen molar-refractivity contribution in [3.05, 3.63) is 82.9 Å². The lowest BCUT2D eigenvalue weighted by Gasteiger charge is -2.12. The normalized spacial score (nSPS) is 11.0. The van der Waals surface area contributed by atoms with Crippen LogP contribution in [0.25, 0.3) is 27.7 Å². The molecule has 0 unspecified atom stereocenters. The van der Waals surface area contributed by atoms with Gasteiger partial charge >= 0.3 is 0 Å². The Morgan fingerprint density at radius 1 is 1.03 bits per heavy atom. The number of nitrogens with zero attached hydrogens (tertiary/aromatic N) is 3. The third kappa shape index (κ3) is 3.65. The molecule has 7 nitrogen and oxygen atoms in total. The van der Waals surface area contributed by atoms with E-state index in [1.54, 1.807) is 36.5 Å². The minimum absolute atomic E-state index is 0.0230. The Kier molecular flexibility index (Phi) is 5.02. The van der Waals surface area contributed by atoms with Gasteiger partial charge in [-0.2, -0.15) is 0 Å². The van der Waals surface area contributed by atoms with Gasteiger partial charge in [0.1, 0.15) is 0 Å². The fourth-order valence-electron chi connectivity index (χ4n) is 3.28. The van der Waals surface area contributed by atoms with E-state index in [1.807, 2.05) is 38.1 Å². The van der Waals surface area contributed by atoms with Crippen molar-refractivity contribution >= 4 is 22.8 Å². The number of aromatic nitrogens is 3. The van der Waals surface area contributed by atoms with Gasteiger partial charge < -0.3 is 11.1 Å². The number of benzene rings is 2. The van der Waals surface area contributed by atoms with Gasteiger partial charge in [0.25, 0.3) is 11.5 Å².